The smallest absolute Gasteiger partial charge is 0.163 e. The lowest BCUT2D eigenvalue weighted by molar-refractivity contribution is -0.107. The van der Waals surface area contributed by atoms with Gasteiger partial charge in [-0.05, 0) is 32.4 Å². The maximum atomic E-state index is 10.3. The van der Waals surface area contributed by atoms with Crippen molar-refractivity contribution in [3.05, 3.63) is 41.6 Å². The van der Waals surface area contributed by atoms with Gasteiger partial charge in [0.2, 0.25) is 0 Å². The lowest BCUT2D eigenvalue weighted by Gasteiger charge is -2.10. The van der Waals surface area contributed by atoms with E-state index in [0.717, 1.165) is 60.4 Å². The number of carbonyl (C=O) groups excluding carboxylic acids is 1. The Labute approximate surface area is 153 Å². The van der Waals surface area contributed by atoms with Crippen molar-refractivity contribution in [2.75, 3.05) is 25.0 Å². The lowest BCUT2D eigenvalue weighted by atomic mass is 10.2. The van der Waals surface area contributed by atoms with Crippen LogP contribution in [0.3, 0.4) is 0 Å². The molecule has 0 fully saturated rings. The van der Waals surface area contributed by atoms with Gasteiger partial charge in [0.1, 0.15) is 17.8 Å². The average molecular weight is 351 g/mol. The standard InChI is InChI=1S/C20H25N5O/c1-14-15(2)23-20-17(14)19(22-12-6-10-21-11-7-13-26)24-18(25-20)16-8-4-3-5-9-16/h3-5,8-9,13,21H,6-7,10-12H2,1-2H3,(H2,22,23,24,25). The normalized spacial score (nSPS) is 11.0. The highest BCUT2D eigenvalue weighted by molar-refractivity contribution is 5.92. The highest BCUT2D eigenvalue weighted by Crippen LogP contribution is 2.29. The van der Waals surface area contributed by atoms with Gasteiger partial charge in [0.15, 0.2) is 5.82 Å². The maximum absolute atomic E-state index is 10.3. The number of carbonyl (C=O) groups is 1. The first kappa shape index (κ1) is 18.1. The number of aromatic nitrogens is 3. The van der Waals surface area contributed by atoms with Gasteiger partial charge in [0.25, 0.3) is 0 Å². The third-order valence-corrected chi connectivity index (χ3v) is 4.45. The van der Waals surface area contributed by atoms with Crippen LogP contribution in [0.2, 0.25) is 0 Å². The predicted octanol–water partition coefficient (Wildman–Crippen LogP) is 3.22. The molecular weight excluding hydrogens is 326 g/mol. The Kier molecular flexibility index (Phi) is 5.96. The molecule has 3 N–H and O–H groups in total. The predicted molar refractivity (Wildman–Crippen MR) is 105 cm³/mol. The van der Waals surface area contributed by atoms with E-state index >= 15 is 0 Å². The number of nitrogens with one attached hydrogen (secondary N) is 3. The van der Waals surface area contributed by atoms with E-state index in [9.17, 15) is 4.79 Å². The second-order valence-electron chi connectivity index (χ2n) is 6.35. The zero-order chi connectivity index (χ0) is 18.4. The molecule has 136 valence electrons. The molecule has 1 aromatic carbocycles. The van der Waals surface area contributed by atoms with Crippen LogP contribution in [0.15, 0.2) is 30.3 Å². The number of H-pyrrole nitrogens is 1. The van der Waals surface area contributed by atoms with E-state index in [4.69, 9.17) is 9.97 Å². The van der Waals surface area contributed by atoms with Gasteiger partial charge in [-0.15, -0.1) is 0 Å². The summed E-state index contributed by atoms with van der Waals surface area (Å²) >= 11 is 0. The van der Waals surface area contributed by atoms with Crippen molar-refractivity contribution in [1.82, 2.24) is 20.3 Å². The summed E-state index contributed by atoms with van der Waals surface area (Å²) in [6.07, 6.45) is 2.45. The van der Waals surface area contributed by atoms with Crippen molar-refractivity contribution >= 4 is 23.1 Å². The molecule has 6 nitrogen and oxygen atoms in total. The van der Waals surface area contributed by atoms with Crippen LogP contribution < -0.4 is 10.6 Å². The number of aromatic amines is 1. The largest absolute Gasteiger partial charge is 0.369 e. The van der Waals surface area contributed by atoms with Crippen LogP contribution in [0, 0.1) is 13.8 Å². The minimum Gasteiger partial charge on any atom is -0.369 e. The second kappa shape index (κ2) is 8.58. The molecule has 0 aliphatic carbocycles. The van der Waals surface area contributed by atoms with Gasteiger partial charge in [-0.1, -0.05) is 30.3 Å². The molecule has 2 aromatic heterocycles. The van der Waals surface area contributed by atoms with Gasteiger partial charge in [-0.2, -0.15) is 0 Å². The third kappa shape index (κ3) is 4.08. The Morgan fingerprint density at radius 3 is 2.65 bits per heavy atom. The number of hydrogen-bond acceptors (Lipinski definition) is 5. The molecule has 0 unspecified atom stereocenters. The van der Waals surface area contributed by atoms with Crippen molar-refractivity contribution in [2.45, 2.75) is 26.7 Å². The van der Waals surface area contributed by atoms with Crippen LogP contribution in [0.4, 0.5) is 5.82 Å². The monoisotopic (exact) mass is 351 g/mol. The number of benzene rings is 1. The Morgan fingerprint density at radius 1 is 1.08 bits per heavy atom. The van der Waals surface area contributed by atoms with Gasteiger partial charge in [-0.25, -0.2) is 9.97 Å². The fraction of sp³-hybridized carbons (Fsp3) is 0.350. The van der Waals surface area contributed by atoms with Crippen LogP contribution in [0.5, 0.6) is 0 Å². The molecule has 6 heteroatoms. The minimum atomic E-state index is 0.558. The number of anilines is 1. The molecule has 0 amide bonds. The van der Waals surface area contributed by atoms with Crippen molar-refractivity contribution < 1.29 is 4.79 Å². The van der Waals surface area contributed by atoms with Crippen molar-refractivity contribution in [2.24, 2.45) is 0 Å². The third-order valence-electron chi connectivity index (χ3n) is 4.45. The fourth-order valence-electron chi connectivity index (χ4n) is 2.92. The van der Waals surface area contributed by atoms with Crippen LogP contribution in [-0.2, 0) is 4.79 Å². The number of fused-ring (bicyclic) bond motifs is 1. The second-order valence-corrected chi connectivity index (χ2v) is 6.35. The number of aryl methyl sites for hydroxylation is 2. The molecule has 0 aliphatic rings. The number of rotatable bonds is 9. The van der Waals surface area contributed by atoms with E-state index in [1.807, 2.05) is 30.3 Å². The van der Waals surface area contributed by atoms with Gasteiger partial charge in [0, 0.05) is 30.8 Å². The van der Waals surface area contributed by atoms with E-state index in [1.165, 1.54) is 5.56 Å². The van der Waals surface area contributed by atoms with Crippen molar-refractivity contribution in [3.63, 3.8) is 0 Å². The first-order valence-corrected chi connectivity index (χ1v) is 9.01. The molecule has 26 heavy (non-hydrogen) atoms. The number of hydrogen-bond donors (Lipinski definition) is 3. The van der Waals surface area contributed by atoms with Gasteiger partial charge < -0.3 is 20.4 Å². The van der Waals surface area contributed by atoms with Crippen LogP contribution in [0.1, 0.15) is 24.1 Å². The minimum absolute atomic E-state index is 0.558. The summed E-state index contributed by atoms with van der Waals surface area (Å²) in [5.41, 5.74) is 4.14. The summed E-state index contributed by atoms with van der Waals surface area (Å²) in [5, 5.41) is 7.77. The molecule has 0 radical (unpaired) electrons. The maximum Gasteiger partial charge on any atom is 0.163 e. The number of aldehydes is 1. The topological polar surface area (TPSA) is 82.7 Å². The molecule has 0 bridgehead atoms. The van der Waals surface area contributed by atoms with E-state index in [2.05, 4.69) is 29.5 Å². The first-order valence-electron chi connectivity index (χ1n) is 9.01. The Morgan fingerprint density at radius 2 is 1.88 bits per heavy atom. The molecule has 0 atom stereocenters. The SMILES string of the molecule is Cc1[nH]c2nc(-c3ccccc3)nc(NCCCNCCC=O)c2c1C. The first-order chi connectivity index (χ1) is 12.7. The summed E-state index contributed by atoms with van der Waals surface area (Å²) in [6, 6.07) is 10.0. The van der Waals surface area contributed by atoms with Gasteiger partial charge >= 0.3 is 0 Å². The number of nitrogens with zero attached hydrogens (tertiary/aromatic N) is 2. The Balaban J connectivity index is 1.79. The summed E-state index contributed by atoms with van der Waals surface area (Å²) in [7, 11) is 0. The van der Waals surface area contributed by atoms with Crippen molar-refractivity contribution in [3.8, 4) is 11.4 Å². The van der Waals surface area contributed by atoms with Crippen LogP contribution in [-0.4, -0.2) is 40.9 Å². The molecule has 3 aromatic rings. The average Bonchev–Trinajstić information content (AvgIpc) is 2.95. The highest BCUT2D eigenvalue weighted by Gasteiger charge is 2.14. The summed E-state index contributed by atoms with van der Waals surface area (Å²) < 4.78 is 0. The quantitative estimate of drug-likeness (QED) is 0.407. The summed E-state index contributed by atoms with van der Waals surface area (Å²) in [5.74, 6) is 1.58. The Bertz CT molecular complexity index is 873. The fourth-order valence-corrected chi connectivity index (χ4v) is 2.92. The molecule has 2 heterocycles. The van der Waals surface area contributed by atoms with Crippen molar-refractivity contribution in [1.29, 1.82) is 0 Å². The molecule has 0 aliphatic heterocycles. The summed E-state index contributed by atoms with van der Waals surface area (Å²) in [4.78, 5) is 23.2. The highest BCUT2D eigenvalue weighted by atomic mass is 16.1. The van der Waals surface area contributed by atoms with E-state index < -0.39 is 0 Å². The molecule has 3 rings (SSSR count). The van der Waals surface area contributed by atoms with Crippen LogP contribution in [0.25, 0.3) is 22.4 Å². The molecule has 0 spiro atoms. The van der Waals surface area contributed by atoms with E-state index in [0.29, 0.717) is 12.2 Å². The zero-order valence-electron chi connectivity index (χ0n) is 15.3. The van der Waals surface area contributed by atoms with E-state index in [-0.39, 0.29) is 0 Å². The van der Waals surface area contributed by atoms with E-state index in [1.54, 1.807) is 0 Å². The molecular formula is C20H25N5O. The summed E-state index contributed by atoms with van der Waals surface area (Å²) in [6.45, 7) is 6.55. The van der Waals surface area contributed by atoms with Crippen LogP contribution >= 0.6 is 0 Å². The van der Waals surface area contributed by atoms with Gasteiger partial charge in [-0.3, -0.25) is 0 Å². The van der Waals surface area contributed by atoms with Gasteiger partial charge in [0.05, 0.1) is 5.39 Å². The molecule has 0 saturated carbocycles. The Hall–Kier alpha value is -2.73. The lowest BCUT2D eigenvalue weighted by Crippen LogP contribution is -2.19. The zero-order valence-corrected chi connectivity index (χ0v) is 15.3. The molecule has 0 saturated heterocycles.